The van der Waals surface area contributed by atoms with Crippen molar-refractivity contribution in [1.82, 2.24) is 5.32 Å². The Morgan fingerprint density at radius 2 is 2.00 bits per heavy atom. The Bertz CT molecular complexity index is 179. The van der Waals surface area contributed by atoms with Crippen molar-refractivity contribution in [2.24, 2.45) is 5.92 Å². The van der Waals surface area contributed by atoms with Crippen molar-refractivity contribution in [3.05, 3.63) is 0 Å². The van der Waals surface area contributed by atoms with Crippen LogP contribution in [0, 0.1) is 5.92 Å². The van der Waals surface area contributed by atoms with Crippen LogP contribution in [0.2, 0.25) is 0 Å². The van der Waals surface area contributed by atoms with Gasteiger partial charge in [0.15, 0.2) is 0 Å². The first-order valence-electron chi connectivity index (χ1n) is 6.46. The summed E-state index contributed by atoms with van der Waals surface area (Å²) in [5, 5.41) is 3.68. The molecule has 0 spiro atoms. The summed E-state index contributed by atoms with van der Waals surface area (Å²) in [4.78, 5) is 0. The van der Waals surface area contributed by atoms with Gasteiger partial charge in [-0.25, -0.2) is 0 Å². The van der Waals surface area contributed by atoms with E-state index in [-0.39, 0.29) is 5.60 Å². The van der Waals surface area contributed by atoms with Crippen LogP contribution < -0.4 is 5.32 Å². The summed E-state index contributed by atoms with van der Waals surface area (Å²) >= 11 is 0. The van der Waals surface area contributed by atoms with Gasteiger partial charge < -0.3 is 10.1 Å². The second kappa shape index (κ2) is 5.86. The lowest BCUT2D eigenvalue weighted by Crippen LogP contribution is -2.43. The third-order valence-corrected chi connectivity index (χ3v) is 3.51. The van der Waals surface area contributed by atoms with E-state index in [1.807, 2.05) is 0 Å². The topological polar surface area (TPSA) is 21.3 Å². The van der Waals surface area contributed by atoms with Crippen molar-refractivity contribution in [2.75, 3.05) is 13.2 Å². The molecule has 0 bridgehead atoms. The molecular formula is C13H27NO. The molecule has 90 valence electrons. The van der Waals surface area contributed by atoms with Crippen molar-refractivity contribution in [2.45, 2.75) is 65.0 Å². The van der Waals surface area contributed by atoms with Gasteiger partial charge in [0.1, 0.15) is 0 Å². The SMILES string of the molecule is CCOC(C)(C)CNC1CCCC1CC. The molecule has 2 atom stereocenters. The van der Waals surface area contributed by atoms with Crippen LogP contribution in [0.5, 0.6) is 0 Å². The van der Waals surface area contributed by atoms with Gasteiger partial charge in [0, 0.05) is 19.2 Å². The smallest absolute Gasteiger partial charge is 0.0750 e. The summed E-state index contributed by atoms with van der Waals surface area (Å²) in [6.07, 6.45) is 5.46. The Morgan fingerprint density at radius 3 is 2.60 bits per heavy atom. The standard InChI is InChI=1S/C13H27NO/c1-5-11-8-7-9-12(11)14-10-13(3,4)15-6-2/h11-12,14H,5-10H2,1-4H3. The summed E-state index contributed by atoms with van der Waals surface area (Å²) in [5.74, 6) is 0.891. The number of hydrogen-bond acceptors (Lipinski definition) is 2. The Morgan fingerprint density at radius 1 is 1.27 bits per heavy atom. The zero-order chi connectivity index (χ0) is 11.3. The molecule has 0 aliphatic heterocycles. The van der Waals surface area contributed by atoms with Crippen molar-refractivity contribution in [3.8, 4) is 0 Å². The molecule has 1 aliphatic rings. The van der Waals surface area contributed by atoms with Gasteiger partial charge in [0.05, 0.1) is 5.60 Å². The van der Waals surface area contributed by atoms with Crippen molar-refractivity contribution in [3.63, 3.8) is 0 Å². The summed E-state index contributed by atoms with van der Waals surface area (Å²) < 4.78 is 5.70. The van der Waals surface area contributed by atoms with Gasteiger partial charge in [-0.1, -0.05) is 19.8 Å². The number of ether oxygens (including phenoxy) is 1. The lowest BCUT2D eigenvalue weighted by atomic mass is 9.99. The van der Waals surface area contributed by atoms with Gasteiger partial charge in [-0.15, -0.1) is 0 Å². The first-order valence-corrected chi connectivity index (χ1v) is 6.46. The van der Waals surface area contributed by atoms with E-state index < -0.39 is 0 Å². The summed E-state index contributed by atoms with van der Waals surface area (Å²) in [6.45, 7) is 10.5. The average molecular weight is 213 g/mol. The molecule has 0 saturated heterocycles. The maximum absolute atomic E-state index is 5.70. The maximum atomic E-state index is 5.70. The number of rotatable bonds is 6. The van der Waals surface area contributed by atoms with Crippen LogP contribution in [0.4, 0.5) is 0 Å². The van der Waals surface area contributed by atoms with Crippen molar-refractivity contribution < 1.29 is 4.74 Å². The molecule has 0 radical (unpaired) electrons. The Kier molecular flexibility index (Phi) is 5.07. The highest BCUT2D eigenvalue weighted by Crippen LogP contribution is 2.28. The second-order valence-corrected chi connectivity index (χ2v) is 5.28. The lowest BCUT2D eigenvalue weighted by Gasteiger charge is -2.29. The van der Waals surface area contributed by atoms with E-state index in [4.69, 9.17) is 4.74 Å². The van der Waals surface area contributed by atoms with Crippen molar-refractivity contribution >= 4 is 0 Å². The van der Waals surface area contributed by atoms with Crippen LogP contribution in [0.1, 0.15) is 53.4 Å². The third kappa shape index (κ3) is 4.12. The largest absolute Gasteiger partial charge is 0.375 e. The summed E-state index contributed by atoms with van der Waals surface area (Å²) in [6, 6.07) is 0.731. The zero-order valence-corrected chi connectivity index (χ0v) is 10.8. The molecule has 0 aromatic rings. The lowest BCUT2D eigenvalue weighted by molar-refractivity contribution is -0.0113. The molecule has 1 saturated carbocycles. The van der Waals surface area contributed by atoms with Gasteiger partial charge in [-0.3, -0.25) is 0 Å². The van der Waals surface area contributed by atoms with E-state index in [1.54, 1.807) is 0 Å². The van der Waals surface area contributed by atoms with Gasteiger partial charge in [-0.2, -0.15) is 0 Å². The van der Waals surface area contributed by atoms with Gasteiger partial charge in [0.25, 0.3) is 0 Å². The molecule has 1 rings (SSSR count). The normalized spacial score (nSPS) is 27.2. The van der Waals surface area contributed by atoms with Gasteiger partial charge in [-0.05, 0) is 39.5 Å². The molecular weight excluding hydrogens is 186 g/mol. The van der Waals surface area contributed by atoms with Gasteiger partial charge >= 0.3 is 0 Å². The minimum Gasteiger partial charge on any atom is -0.375 e. The molecule has 0 aromatic carbocycles. The van der Waals surface area contributed by atoms with Crippen LogP contribution in [-0.4, -0.2) is 24.8 Å². The number of nitrogens with one attached hydrogen (secondary N) is 1. The Hall–Kier alpha value is -0.0800. The van der Waals surface area contributed by atoms with E-state index in [9.17, 15) is 0 Å². The van der Waals surface area contributed by atoms with Crippen LogP contribution in [0.25, 0.3) is 0 Å². The van der Waals surface area contributed by atoms with Crippen LogP contribution in [0.3, 0.4) is 0 Å². The first-order chi connectivity index (χ1) is 7.09. The highest BCUT2D eigenvalue weighted by atomic mass is 16.5. The molecule has 1 N–H and O–H groups in total. The van der Waals surface area contributed by atoms with E-state index in [1.165, 1.54) is 25.7 Å². The molecule has 0 aromatic heterocycles. The monoisotopic (exact) mass is 213 g/mol. The first kappa shape index (κ1) is 13.0. The average Bonchev–Trinajstić information content (AvgIpc) is 2.62. The van der Waals surface area contributed by atoms with E-state index in [2.05, 4.69) is 33.0 Å². The quantitative estimate of drug-likeness (QED) is 0.732. The molecule has 1 aliphatic carbocycles. The Balaban J connectivity index is 2.29. The predicted molar refractivity (Wildman–Crippen MR) is 65.1 cm³/mol. The molecule has 0 amide bonds. The molecule has 15 heavy (non-hydrogen) atoms. The van der Waals surface area contributed by atoms with E-state index >= 15 is 0 Å². The van der Waals surface area contributed by atoms with E-state index in [0.29, 0.717) is 0 Å². The van der Waals surface area contributed by atoms with Gasteiger partial charge in [0.2, 0.25) is 0 Å². The summed E-state index contributed by atoms with van der Waals surface area (Å²) in [7, 11) is 0. The number of hydrogen-bond donors (Lipinski definition) is 1. The zero-order valence-electron chi connectivity index (χ0n) is 10.8. The molecule has 1 fully saturated rings. The highest BCUT2D eigenvalue weighted by molar-refractivity contribution is 4.84. The fourth-order valence-corrected chi connectivity index (χ4v) is 2.61. The predicted octanol–water partition coefficient (Wildman–Crippen LogP) is 2.97. The van der Waals surface area contributed by atoms with Crippen LogP contribution >= 0.6 is 0 Å². The minimum atomic E-state index is -0.0182. The molecule has 2 nitrogen and oxygen atoms in total. The van der Waals surface area contributed by atoms with Crippen molar-refractivity contribution in [1.29, 1.82) is 0 Å². The fraction of sp³-hybridized carbons (Fsp3) is 1.00. The van der Waals surface area contributed by atoms with Crippen LogP contribution in [0.15, 0.2) is 0 Å². The van der Waals surface area contributed by atoms with Crippen LogP contribution in [-0.2, 0) is 4.74 Å². The fourth-order valence-electron chi connectivity index (χ4n) is 2.61. The maximum Gasteiger partial charge on any atom is 0.0750 e. The molecule has 0 heterocycles. The molecule has 2 unspecified atom stereocenters. The van der Waals surface area contributed by atoms with E-state index in [0.717, 1.165) is 25.1 Å². The second-order valence-electron chi connectivity index (χ2n) is 5.28. The molecule has 2 heteroatoms. The third-order valence-electron chi connectivity index (χ3n) is 3.51. The minimum absolute atomic E-state index is 0.0182. The Labute approximate surface area is 94.8 Å². The highest BCUT2D eigenvalue weighted by Gasteiger charge is 2.27. The summed E-state index contributed by atoms with van der Waals surface area (Å²) in [5.41, 5.74) is -0.0182.